The SMILES string of the molecule is Cc1ccc(S(=O)(=O)N[C@@H](C)C(=O)OCC(=O)Nc2ccccc2C)cc1. The number of hydrogen-bond acceptors (Lipinski definition) is 5. The molecule has 144 valence electrons. The van der Waals surface area contributed by atoms with Gasteiger partial charge in [-0.2, -0.15) is 4.72 Å². The van der Waals surface area contributed by atoms with Crippen molar-refractivity contribution in [3.05, 3.63) is 59.7 Å². The summed E-state index contributed by atoms with van der Waals surface area (Å²) in [7, 11) is -3.87. The van der Waals surface area contributed by atoms with Crippen LogP contribution >= 0.6 is 0 Å². The molecule has 0 aliphatic rings. The Bertz CT molecular complexity index is 923. The molecule has 2 N–H and O–H groups in total. The minimum Gasteiger partial charge on any atom is -0.454 e. The van der Waals surface area contributed by atoms with Crippen molar-refractivity contribution < 1.29 is 22.7 Å². The van der Waals surface area contributed by atoms with Gasteiger partial charge in [-0.1, -0.05) is 35.9 Å². The van der Waals surface area contributed by atoms with E-state index in [0.717, 1.165) is 11.1 Å². The predicted octanol–water partition coefficient (Wildman–Crippen LogP) is 2.15. The molecule has 0 bridgehead atoms. The summed E-state index contributed by atoms with van der Waals surface area (Å²) in [5.74, 6) is -1.35. The van der Waals surface area contributed by atoms with Gasteiger partial charge in [0.05, 0.1) is 4.90 Å². The van der Waals surface area contributed by atoms with E-state index < -0.39 is 34.5 Å². The number of hydrogen-bond donors (Lipinski definition) is 2. The number of ether oxygens (including phenoxy) is 1. The lowest BCUT2D eigenvalue weighted by Gasteiger charge is -2.14. The molecule has 0 fully saturated rings. The third kappa shape index (κ3) is 5.90. The predicted molar refractivity (Wildman–Crippen MR) is 102 cm³/mol. The fourth-order valence-corrected chi connectivity index (χ4v) is 3.42. The highest BCUT2D eigenvalue weighted by Crippen LogP contribution is 2.13. The van der Waals surface area contributed by atoms with E-state index in [1.54, 1.807) is 24.3 Å². The number of sulfonamides is 1. The quantitative estimate of drug-likeness (QED) is 0.706. The number of aryl methyl sites for hydroxylation is 2. The normalized spacial score (nSPS) is 12.3. The zero-order valence-corrected chi connectivity index (χ0v) is 16.2. The molecule has 0 aliphatic carbocycles. The third-order valence-corrected chi connectivity index (χ3v) is 5.34. The summed E-state index contributed by atoms with van der Waals surface area (Å²) in [6.45, 7) is 4.52. The van der Waals surface area contributed by atoms with Crippen LogP contribution in [0.15, 0.2) is 53.4 Å². The maximum Gasteiger partial charge on any atom is 0.324 e. The van der Waals surface area contributed by atoms with Gasteiger partial charge < -0.3 is 10.1 Å². The highest BCUT2D eigenvalue weighted by molar-refractivity contribution is 7.89. The largest absolute Gasteiger partial charge is 0.454 e. The Labute approximate surface area is 158 Å². The summed E-state index contributed by atoms with van der Waals surface area (Å²) < 4.78 is 31.7. The number of nitrogens with one attached hydrogen (secondary N) is 2. The first-order valence-corrected chi connectivity index (χ1v) is 9.78. The summed E-state index contributed by atoms with van der Waals surface area (Å²) in [5.41, 5.74) is 2.41. The number of benzene rings is 2. The Morgan fingerprint density at radius 2 is 1.67 bits per heavy atom. The first kappa shape index (κ1) is 20.6. The Morgan fingerprint density at radius 1 is 1.04 bits per heavy atom. The number of carbonyl (C=O) groups is 2. The van der Waals surface area contributed by atoms with Crippen LogP contribution in [0, 0.1) is 13.8 Å². The Hall–Kier alpha value is -2.71. The van der Waals surface area contributed by atoms with Gasteiger partial charge in [0.15, 0.2) is 6.61 Å². The van der Waals surface area contributed by atoms with E-state index in [9.17, 15) is 18.0 Å². The molecule has 0 spiro atoms. The van der Waals surface area contributed by atoms with Gasteiger partial charge in [0.1, 0.15) is 6.04 Å². The van der Waals surface area contributed by atoms with E-state index in [1.807, 2.05) is 26.0 Å². The molecular formula is C19H22N2O5S. The van der Waals surface area contributed by atoms with E-state index in [1.165, 1.54) is 19.1 Å². The zero-order valence-electron chi connectivity index (χ0n) is 15.4. The molecule has 0 aromatic heterocycles. The smallest absolute Gasteiger partial charge is 0.324 e. The maximum absolute atomic E-state index is 12.3. The fourth-order valence-electron chi connectivity index (χ4n) is 2.23. The lowest BCUT2D eigenvalue weighted by molar-refractivity contribution is -0.148. The van der Waals surface area contributed by atoms with Crippen molar-refractivity contribution in [1.82, 2.24) is 4.72 Å². The van der Waals surface area contributed by atoms with Gasteiger partial charge in [0.25, 0.3) is 5.91 Å². The van der Waals surface area contributed by atoms with Gasteiger partial charge in [-0.05, 0) is 44.5 Å². The van der Waals surface area contributed by atoms with Gasteiger partial charge in [0, 0.05) is 5.69 Å². The van der Waals surface area contributed by atoms with Gasteiger partial charge in [-0.3, -0.25) is 9.59 Å². The summed E-state index contributed by atoms with van der Waals surface area (Å²) in [5, 5.41) is 2.63. The topological polar surface area (TPSA) is 102 Å². The van der Waals surface area contributed by atoms with Crippen molar-refractivity contribution >= 4 is 27.6 Å². The molecule has 0 saturated heterocycles. The van der Waals surface area contributed by atoms with Crippen LogP contribution in [0.4, 0.5) is 5.69 Å². The van der Waals surface area contributed by atoms with Gasteiger partial charge >= 0.3 is 5.97 Å². The van der Waals surface area contributed by atoms with E-state index in [0.29, 0.717) is 5.69 Å². The molecule has 0 aliphatic heterocycles. The molecule has 8 heteroatoms. The molecule has 0 unspecified atom stereocenters. The molecule has 1 atom stereocenters. The third-order valence-electron chi connectivity index (χ3n) is 3.78. The van der Waals surface area contributed by atoms with Crippen LogP contribution in [0.25, 0.3) is 0 Å². The molecule has 0 heterocycles. The van der Waals surface area contributed by atoms with Crippen LogP contribution in [0.2, 0.25) is 0 Å². The number of anilines is 1. The van der Waals surface area contributed by atoms with E-state index >= 15 is 0 Å². The molecule has 0 saturated carbocycles. The molecule has 2 rings (SSSR count). The van der Waals surface area contributed by atoms with Crippen LogP contribution in [0.1, 0.15) is 18.1 Å². The van der Waals surface area contributed by atoms with E-state index in [4.69, 9.17) is 4.74 Å². The van der Waals surface area contributed by atoms with Gasteiger partial charge in [0.2, 0.25) is 10.0 Å². The molecule has 0 radical (unpaired) electrons. The van der Waals surface area contributed by atoms with E-state index in [2.05, 4.69) is 10.0 Å². The van der Waals surface area contributed by atoms with E-state index in [-0.39, 0.29) is 4.90 Å². The summed E-state index contributed by atoms with van der Waals surface area (Å²) in [6.07, 6.45) is 0. The summed E-state index contributed by atoms with van der Waals surface area (Å²) >= 11 is 0. The number of para-hydroxylation sites is 1. The number of esters is 1. The lowest BCUT2D eigenvalue weighted by Crippen LogP contribution is -2.40. The van der Waals surface area contributed by atoms with Crippen LogP contribution < -0.4 is 10.0 Å². The second-order valence-electron chi connectivity index (χ2n) is 6.13. The van der Waals surface area contributed by atoms with Crippen molar-refractivity contribution in [1.29, 1.82) is 0 Å². The standard InChI is InChI=1S/C19H22N2O5S/c1-13-8-10-16(11-9-13)27(24,25)21-15(3)19(23)26-12-18(22)20-17-7-5-4-6-14(17)2/h4-11,15,21H,12H2,1-3H3,(H,20,22)/t15-/m0/s1. The molecule has 1 amide bonds. The first-order chi connectivity index (χ1) is 12.7. The monoisotopic (exact) mass is 390 g/mol. The summed E-state index contributed by atoms with van der Waals surface area (Å²) in [4.78, 5) is 24.0. The highest BCUT2D eigenvalue weighted by Gasteiger charge is 2.23. The minimum atomic E-state index is -3.87. The summed E-state index contributed by atoms with van der Waals surface area (Å²) in [6, 6.07) is 12.3. The number of amides is 1. The highest BCUT2D eigenvalue weighted by atomic mass is 32.2. The first-order valence-electron chi connectivity index (χ1n) is 8.30. The second kappa shape index (κ2) is 8.79. The van der Waals surface area contributed by atoms with Crippen molar-refractivity contribution in [3.63, 3.8) is 0 Å². The lowest BCUT2D eigenvalue weighted by atomic mass is 10.2. The molecule has 2 aromatic carbocycles. The van der Waals surface area contributed by atoms with Crippen molar-refractivity contribution in [2.75, 3.05) is 11.9 Å². The van der Waals surface area contributed by atoms with Crippen LogP contribution in [-0.4, -0.2) is 32.9 Å². The Morgan fingerprint density at radius 3 is 2.30 bits per heavy atom. The van der Waals surface area contributed by atoms with Gasteiger partial charge in [-0.25, -0.2) is 8.42 Å². The average Bonchev–Trinajstić information content (AvgIpc) is 2.61. The van der Waals surface area contributed by atoms with Crippen molar-refractivity contribution in [2.24, 2.45) is 0 Å². The molecule has 2 aromatic rings. The Kier molecular flexibility index (Phi) is 6.70. The van der Waals surface area contributed by atoms with Crippen molar-refractivity contribution in [3.8, 4) is 0 Å². The molecule has 27 heavy (non-hydrogen) atoms. The Balaban J connectivity index is 1.89. The minimum absolute atomic E-state index is 0.0463. The van der Waals surface area contributed by atoms with Crippen molar-refractivity contribution in [2.45, 2.75) is 31.7 Å². The second-order valence-corrected chi connectivity index (χ2v) is 7.84. The van der Waals surface area contributed by atoms with Gasteiger partial charge in [-0.15, -0.1) is 0 Å². The fraction of sp³-hybridized carbons (Fsp3) is 0.263. The van der Waals surface area contributed by atoms with Crippen LogP contribution in [-0.2, 0) is 24.3 Å². The average molecular weight is 390 g/mol. The van der Waals surface area contributed by atoms with Crippen LogP contribution in [0.3, 0.4) is 0 Å². The molecular weight excluding hydrogens is 368 g/mol. The number of carbonyl (C=O) groups excluding carboxylic acids is 2. The number of rotatable bonds is 7. The van der Waals surface area contributed by atoms with Crippen LogP contribution in [0.5, 0.6) is 0 Å². The maximum atomic E-state index is 12.3. The molecule has 7 nitrogen and oxygen atoms in total. The zero-order chi connectivity index (χ0) is 20.0.